The summed E-state index contributed by atoms with van der Waals surface area (Å²) in [7, 11) is -3.26. The lowest BCUT2D eigenvalue weighted by atomic mass is 10.0. The van der Waals surface area contributed by atoms with Crippen LogP contribution in [-0.2, 0) is 21.3 Å². The van der Waals surface area contributed by atoms with Gasteiger partial charge >= 0.3 is 0 Å². The lowest BCUT2D eigenvalue weighted by Crippen LogP contribution is -2.17. The van der Waals surface area contributed by atoms with Crippen molar-refractivity contribution in [1.29, 1.82) is 0 Å². The number of carbonyl (C=O) groups excluding carboxylic acids is 1. The number of rotatable bonds is 4. The number of benzene rings is 3. The second kappa shape index (κ2) is 8.01. The van der Waals surface area contributed by atoms with Crippen molar-refractivity contribution in [3.63, 3.8) is 0 Å². The van der Waals surface area contributed by atoms with Gasteiger partial charge in [0.05, 0.1) is 22.9 Å². The smallest absolute Gasteiger partial charge is 0.256 e. The first-order valence-corrected chi connectivity index (χ1v) is 12.5. The highest BCUT2D eigenvalue weighted by Crippen LogP contribution is 2.33. The number of sulfone groups is 1. The molecule has 0 aliphatic carbocycles. The molecular weight excluding hydrogens is 434 g/mol. The van der Waals surface area contributed by atoms with Crippen molar-refractivity contribution in [2.24, 2.45) is 0 Å². The highest BCUT2D eigenvalue weighted by Gasteiger charge is 2.33. The summed E-state index contributed by atoms with van der Waals surface area (Å²) in [6.45, 7) is 4.03. The van der Waals surface area contributed by atoms with Gasteiger partial charge in [-0.05, 0) is 60.4 Å². The fourth-order valence-electron chi connectivity index (χ4n) is 4.04. The SMILES string of the molecule is Cc1ccc(-n2nc3c(c2NC(=O)c2ccc(-c4ccccc4)cc2)CS(=O)(=O)C3)cc1C. The molecule has 1 aliphatic rings. The number of carbonyl (C=O) groups is 1. The molecule has 6 nitrogen and oxygen atoms in total. The van der Waals surface area contributed by atoms with E-state index in [9.17, 15) is 13.2 Å². The Hall–Kier alpha value is -3.71. The summed E-state index contributed by atoms with van der Waals surface area (Å²) in [5.74, 6) is -0.150. The molecule has 5 rings (SSSR count). The average molecular weight is 458 g/mol. The van der Waals surface area contributed by atoms with Gasteiger partial charge in [-0.25, -0.2) is 13.1 Å². The predicted octanol–water partition coefficient (Wildman–Crippen LogP) is 4.84. The van der Waals surface area contributed by atoms with Crippen LogP contribution in [0.5, 0.6) is 0 Å². The maximum absolute atomic E-state index is 13.1. The Morgan fingerprint density at radius 2 is 1.58 bits per heavy atom. The van der Waals surface area contributed by atoms with Crippen molar-refractivity contribution in [3.05, 3.63) is 101 Å². The Morgan fingerprint density at radius 3 is 2.27 bits per heavy atom. The van der Waals surface area contributed by atoms with E-state index in [-0.39, 0.29) is 17.4 Å². The monoisotopic (exact) mass is 457 g/mol. The molecule has 0 unspecified atom stereocenters. The standard InChI is InChI=1S/C26H23N3O3S/c1-17-8-13-22(14-18(17)2)29-25(23-15-33(31,32)16-24(23)28-29)27-26(30)21-11-9-20(10-12-21)19-6-4-3-5-7-19/h3-14H,15-16H2,1-2H3,(H,27,30). The molecule has 0 spiro atoms. The minimum atomic E-state index is -3.26. The van der Waals surface area contributed by atoms with Crippen LogP contribution in [-0.4, -0.2) is 24.1 Å². The van der Waals surface area contributed by atoms with Crippen LogP contribution >= 0.6 is 0 Å². The number of nitrogens with zero attached hydrogens (tertiary/aromatic N) is 2. The van der Waals surface area contributed by atoms with E-state index in [4.69, 9.17) is 0 Å². The van der Waals surface area contributed by atoms with Gasteiger partial charge in [-0.2, -0.15) is 5.10 Å². The first kappa shape index (κ1) is 21.2. The van der Waals surface area contributed by atoms with Crippen LogP contribution in [0.1, 0.15) is 32.7 Å². The van der Waals surface area contributed by atoms with E-state index in [0.717, 1.165) is 27.9 Å². The molecular formula is C26H23N3O3S. The average Bonchev–Trinajstić information content (AvgIpc) is 3.28. The van der Waals surface area contributed by atoms with Gasteiger partial charge in [0.2, 0.25) is 0 Å². The van der Waals surface area contributed by atoms with Crippen molar-refractivity contribution in [2.75, 3.05) is 5.32 Å². The van der Waals surface area contributed by atoms with E-state index in [2.05, 4.69) is 10.4 Å². The third-order valence-corrected chi connectivity index (χ3v) is 7.45. The number of nitrogens with one attached hydrogen (secondary N) is 1. The van der Waals surface area contributed by atoms with Gasteiger partial charge in [-0.15, -0.1) is 0 Å². The minimum Gasteiger partial charge on any atom is -0.306 e. The van der Waals surface area contributed by atoms with Gasteiger partial charge in [0.25, 0.3) is 5.91 Å². The molecule has 2 heterocycles. The molecule has 7 heteroatoms. The van der Waals surface area contributed by atoms with Crippen LogP contribution in [0.4, 0.5) is 5.82 Å². The normalized spacial score (nSPS) is 14.1. The summed E-state index contributed by atoms with van der Waals surface area (Å²) in [6, 6.07) is 23.2. The lowest BCUT2D eigenvalue weighted by molar-refractivity contribution is 0.102. The number of aromatic nitrogens is 2. The third-order valence-electron chi connectivity index (χ3n) is 6.01. The van der Waals surface area contributed by atoms with Gasteiger partial charge in [0.15, 0.2) is 9.84 Å². The number of amides is 1. The fraction of sp³-hybridized carbons (Fsp3) is 0.154. The van der Waals surface area contributed by atoms with E-state index in [1.54, 1.807) is 16.8 Å². The second-order valence-corrected chi connectivity index (χ2v) is 10.4. The molecule has 166 valence electrons. The summed E-state index contributed by atoms with van der Waals surface area (Å²) >= 11 is 0. The van der Waals surface area contributed by atoms with E-state index >= 15 is 0 Å². The number of anilines is 1. The van der Waals surface area contributed by atoms with Crippen LogP contribution < -0.4 is 5.32 Å². The fourth-order valence-corrected chi connectivity index (χ4v) is 5.53. The van der Waals surface area contributed by atoms with Crippen molar-refractivity contribution in [1.82, 2.24) is 9.78 Å². The maximum Gasteiger partial charge on any atom is 0.256 e. The van der Waals surface area contributed by atoms with Gasteiger partial charge in [-0.3, -0.25) is 4.79 Å². The molecule has 1 aliphatic heterocycles. The Kier molecular flexibility index (Phi) is 5.13. The molecule has 0 saturated heterocycles. The Bertz CT molecular complexity index is 1470. The molecule has 0 atom stereocenters. The van der Waals surface area contributed by atoms with Crippen molar-refractivity contribution in [3.8, 4) is 16.8 Å². The number of aryl methyl sites for hydroxylation is 2. The summed E-state index contributed by atoms with van der Waals surface area (Å²) < 4.78 is 26.1. The minimum absolute atomic E-state index is 0.116. The third kappa shape index (κ3) is 4.07. The summed E-state index contributed by atoms with van der Waals surface area (Å²) in [5.41, 5.74) is 6.62. The first-order chi connectivity index (χ1) is 15.8. The van der Waals surface area contributed by atoms with E-state index in [1.165, 1.54) is 0 Å². The molecule has 0 radical (unpaired) electrons. The topological polar surface area (TPSA) is 81.1 Å². The Balaban J connectivity index is 1.49. The second-order valence-electron chi connectivity index (χ2n) is 8.38. The molecule has 3 aromatic carbocycles. The van der Waals surface area contributed by atoms with E-state index in [1.807, 2.05) is 74.5 Å². The van der Waals surface area contributed by atoms with Gasteiger partial charge in [0, 0.05) is 11.1 Å². The van der Waals surface area contributed by atoms with Gasteiger partial charge in [0.1, 0.15) is 5.82 Å². The molecule has 1 amide bonds. The van der Waals surface area contributed by atoms with Crippen molar-refractivity contribution in [2.45, 2.75) is 25.4 Å². The zero-order valence-electron chi connectivity index (χ0n) is 18.4. The zero-order valence-corrected chi connectivity index (χ0v) is 19.2. The summed E-state index contributed by atoms with van der Waals surface area (Å²) in [4.78, 5) is 13.1. The Morgan fingerprint density at radius 1 is 0.879 bits per heavy atom. The molecule has 33 heavy (non-hydrogen) atoms. The van der Waals surface area contributed by atoms with Crippen molar-refractivity contribution >= 4 is 21.6 Å². The molecule has 0 saturated carbocycles. The first-order valence-electron chi connectivity index (χ1n) is 10.7. The quantitative estimate of drug-likeness (QED) is 0.476. The Labute approximate surface area is 192 Å². The number of hydrogen-bond donors (Lipinski definition) is 1. The highest BCUT2D eigenvalue weighted by atomic mass is 32.2. The van der Waals surface area contributed by atoms with Crippen molar-refractivity contribution < 1.29 is 13.2 Å². The maximum atomic E-state index is 13.1. The van der Waals surface area contributed by atoms with Crippen LogP contribution in [0.3, 0.4) is 0 Å². The van der Waals surface area contributed by atoms with Crippen LogP contribution in [0, 0.1) is 13.8 Å². The summed E-state index contributed by atoms with van der Waals surface area (Å²) in [6.07, 6.45) is 0. The molecule has 1 aromatic heterocycles. The van der Waals surface area contributed by atoms with Gasteiger partial charge < -0.3 is 5.32 Å². The number of hydrogen-bond acceptors (Lipinski definition) is 4. The van der Waals surface area contributed by atoms with Crippen LogP contribution in [0.2, 0.25) is 0 Å². The number of fused-ring (bicyclic) bond motifs is 1. The highest BCUT2D eigenvalue weighted by molar-refractivity contribution is 7.90. The largest absolute Gasteiger partial charge is 0.306 e. The molecule has 0 fully saturated rings. The van der Waals surface area contributed by atoms with E-state index in [0.29, 0.717) is 22.6 Å². The zero-order chi connectivity index (χ0) is 23.2. The van der Waals surface area contributed by atoms with Crippen LogP contribution in [0.15, 0.2) is 72.8 Å². The molecule has 0 bridgehead atoms. The molecule has 1 N–H and O–H groups in total. The van der Waals surface area contributed by atoms with Crippen LogP contribution in [0.25, 0.3) is 16.8 Å². The lowest BCUT2D eigenvalue weighted by Gasteiger charge is -2.13. The summed E-state index contributed by atoms with van der Waals surface area (Å²) in [5, 5.41) is 7.48. The van der Waals surface area contributed by atoms with Gasteiger partial charge in [-0.1, -0.05) is 48.5 Å². The predicted molar refractivity (Wildman–Crippen MR) is 129 cm³/mol. The van der Waals surface area contributed by atoms with E-state index < -0.39 is 9.84 Å². The molecule has 4 aromatic rings.